The first-order valence-corrected chi connectivity index (χ1v) is 8.48. The average Bonchev–Trinajstić information content (AvgIpc) is 3.08. The van der Waals surface area contributed by atoms with Gasteiger partial charge in [0.05, 0.1) is 19.3 Å². The Bertz CT molecular complexity index is 766. The fourth-order valence-corrected chi connectivity index (χ4v) is 3.77. The molecule has 1 amide bonds. The van der Waals surface area contributed by atoms with E-state index in [4.69, 9.17) is 4.42 Å². The maximum absolute atomic E-state index is 12.4. The summed E-state index contributed by atoms with van der Waals surface area (Å²) < 4.78 is 5.74. The maximum Gasteiger partial charge on any atom is 0.224 e. The molecule has 1 aliphatic heterocycles. The monoisotopic (exact) mass is 330 g/mol. The Morgan fingerprint density at radius 2 is 2.12 bits per heavy atom. The van der Waals surface area contributed by atoms with Gasteiger partial charge >= 0.3 is 0 Å². The predicted molar refractivity (Wildman–Crippen MR) is 94.2 cm³/mol. The first kappa shape index (κ1) is 17.0. The van der Waals surface area contributed by atoms with Gasteiger partial charge in [-0.3, -0.25) is 9.69 Å². The molecule has 0 spiro atoms. The predicted octanol–water partition coefficient (Wildman–Crippen LogP) is 2.08. The van der Waals surface area contributed by atoms with Crippen molar-refractivity contribution in [2.45, 2.75) is 45.7 Å². The number of rotatable bonds is 4. The molecule has 1 fully saturated rings. The van der Waals surface area contributed by atoms with Crippen molar-refractivity contribution >= 4 is 16.9 Å². The lowest BCUT2D eigenvalue weighted by Gasteiger charge is -2.15. The van der Waals surface area contributed by atoms with Crippen LogP contribution in [0.4, 0.5) is 0 Å². The van der Waals surface area contributed by atoms with E-state index in [2.05, 4.69) is 30.1 Å². The number of likely N-dealkylation sites (tertiary alicyclic amines) is 1. The number of nitrogens with one attached hydrogen (secondary N) is 1. The number of fused-ring (bicyclic) bond motifs is 1. The Labute approximate surface area is 142 Å². The number of aryl methyl sites for hydroxylation is 3. The topological polar surface area (TPSA) is 65.7 Å². The normalized spacial score (nSPS) is 21.5. The molecular weight excluding hydrogens is 304 g/mol. The molecule has 2 N–H and O–H groups in total. The molecule has 130 valence electrons. The molecule has 1 aliphatic rings. The Hall–Kier alpha value is -1.85. The first-order valence-electron chi connectivity index (χ1n) is 8.48. The Kier molecular flexibility index (Phi) is 4.65. The van der Waals surface area contributed by atoms with Crippen molar-refractivity contribution < 1.29 is 14.3 Å². The van der Waals surface area contributed by atoms with Crippen LogP contribution in [0.5, 0.6) is 0 Å². The largest absolute Gasteiger partial charge is 0.464 e. The minimum Gasteiger partial charge on any atom is -0.464 e. The highest BCUT2D eigenvalue weighted by atomic mass is 16.3. The van der Waals surface area contributed by atoms with E-state index in [1.165, 1.54) is 5.56 Å². The second kappa shape index (κ2) is 6.57. The molecule has 1 aromatic heterocycles. The van der Waals surface area contributed by atoms with Crippen LogP contribution in [0.3, 0.4) is 0 Å². The molecule has 0 saturated carbocycles. The molecule has 0 aliphatic carbocycles. The number of hydrogen-bond acceptors (Lipinski definition) is 4. The van der Waals surface area contributed by atoms with E-state index < -0.39 is 0 Å². The van der Waals surface area contributed by atoms with Gasteiger partial charge < -0.3 is 14.8 Å². The van der Waals surface area contributed by atoms with Crippen LogP contribution in [0.15, 0.2) is 16.7 Å². The summed E-state index contributed by atoms with van der Waals surface area (Å²) in [5, 5.41) is 13.5. The summed E-state index contributed by atoms with van der Waals surface area (Å²) in [5.74, 6) is 0.00678. The molecule has 2 atom stereocenters. The summed E-state index contributed by atoms with van der Waals surface area (Å²) in [4.78, 5) is 14.5. The molecule has 2 heterocycles. The van der Waals surface area contributed by atoms with Gasteiger partial charge in [-0.05, 0) is 50.9 Å². The highest BCUT2D eigenvalue weighted by molar-refractivity contribution is 5.92. The minimum absolute atomic E-state index is 0.00678. The lowest BCUT2D eigenvalue weighted by Crippen LogP contribution is -2.37. The summed E-state index contributed by atoms with van der Waals surface area (Å²) in [6.07, 6.45) is 2.82. The minimum atomic E-state index is 0.00678. The van der Waals surface area contributed by atoms with Crippen molar-refractivity contribution in [3.8, 4) is 0 Å². The molecule has 0 bridgehead atoms. The number of hydrogen-bond donors (Lipinski definition) is 2. The lowest BCUT2D eigenvalue weighted by atomic mass is 9.99. The summed E-state index contributed by atoms with van der Waals surface area (Å²) in [5.41, 5.74) is 5.30. The van der Waals surface area contributed by atoms with Crippen LogP contribution < -0.4 is 5.32 Å². The van der Waals surface area contributed by atoms with Crippen molar-refractivity contribution in [3.05, 3.63) is 34.6 Å². The zero-order valence-corrected chi connectivity index (χ0v) is 14.8. The number of carbonyl (C=O) groups excluding carboxylic acids is 1. The van der Waals surface area contributed by atoms with Gasteiger partial charge in [-0.1, -0.05) is 6.07 Å². The molecule has 3 rings (SSSR count). The summed E-state index contributed by atoms with van der Waals surface area (Å²) >= 11 is 0. The molecule has 1 saturated heterocycles. The molecule has 1 aromatic carbocycles. The van der Waals surface area contributed by atoms with Crippen LogP contribution >= 0.6 is 0 Å². The number of furan rings is 1. The Balaban J connectivity index is 1.74. The van der Waals surface area contributed by atoms with E-state index in [0.29, 0.717) is 6.42 Å². The van der Waals surface area contributed by atoms with Crippen molar-refractivity contribution in [1.82, 2.24) is 10.2 Å². The number of amides is 1. The molecule has 0 unspecified atom stereocenters. The van der Waals surface area contributed by atoms with Crippen LogP contribution in [0, 0.1) is 20.8 Å². The third kappa shape index (κ3) is 3.06. The first-order chi connectivity index (χ1) is 11.4. The number of aliphatic hydroxyl groups is 1. The lowest BCUT2D eigenvalue weighted by molar-refractivity contribution is -0.121. The zero-order chi connectivity index (χ0) is 17.4. The van der Waals surface area contributed by atoms with E-state index >= 15 is 0 Å². The van der Waals surface area contributed by atoms with Crippen molar-refractivity contribution in [2.75, 3.05) is 20.2 Å². The van der Waals surface area contributed by atoms with Gasteiger partial charge in [0.15, 0.2) is 0 Å². The smallest absolute Gasteiger partial charge is 0.224 e. The van der Waals surface area contributed by atoms with Crippen molar-refractivity contribution in [1.29, 1.82) is 0 Å². The van der Waals surface area contributed by atoms with Gasteiger partial charge in [0.2, 0.25) is 5.91 Å². The quantitative estimate of drug-likeness (QED) is 0.901. The van der Waals surface area contributed by atoms with E-state index in [-0.39, 0.29) is 24.6 Å². The van der Waals surface area contributed by atoms with E-state index in [9.17, 15) is 9.90 Å². The molecule has 2 aromatic rings. The van der Waals surface area contributed by atoms with Gasteiger partial charge in [0.1, 0.15) is 5.58 Å². The highest BCUT2D eigenvalue weighted by Crippen LogP contribution is 2.30. The van der Waals surface area contributed by atoms with Crippen LogP contribution in [-0.2, 0) is 11.2 Å². The van der Waals surface area contributed by atoms with Crippen LogP contribution in [0.25, 0.3) is 11.0 Å². The Morgan fingerprint density at radius 3 is 2.79 bits per heavy atom. The van der Waals surface area contributed by atoms with E-state index in [0.717, 1.165) is 40.6 Å². The van der Waals surface area contributed by atoms with E-state index in [1.807, 2.05) is 14.0 Å². The van der Waals surface area contributed by atoms with Crippen LogP contribution in [-0.4, -0.2) is 48.2 Å². The van der Waals surface area contributed by atoms with Crippen LogP contribution in [0.1, 0.15) is 28.7 Å². The van der Waals surface area contributed by atoms with Gasteiger partial charge in [-0.15, -0.1) is 0 Å². The van der Waals surface area contributed by atoms with Gasteiger partial charge in [-0.25, -0.2) is 0 Å². The Morgan fingerprint density at radius 1 is 1.38 bits per heavy atom. The fraction of sp³-hybridized carbons (Fsp3) is 0.526. The maximum atomic E-state index is 12.4. The summed E-state index contributed by atoms with van der Waals surface area (Å²) in [7, 11) is 1.98. The second-order valence-corrected chi connectivity index (χ2v) is 7.05. The highest BCUT2D eigenvalue weighted by Gasteiger charge is 2.29. The molecule has 24 heavy (non-hydrogen) atoms. The molecule has 5 nitrogen and oxygen atoms in total. The number of aliphatic hydroxyl groups excluding tert-OH is 1. The molecule has 0 radical (unpaired) electrons. The van der Waals surface area contributed by atoms with Gasteiger partial charge in [-0.2, -0.15) is 0 Å². The fourth-order valence-electron chi connectivity index (χ4n) is 3.77. The van der Waals surface area contributed by atoms with Crippen molar-refractivity contribution in [2.24, 2.45) is 0 Å². The molecular formula is C19H26N2O3. The zero-order valence-electron chi connectivity index (χ0n) is 14.8. The average molecular weight is 330 g/mol. The summed E-state index contributed by atoms with van der Waals surface area (Å²) in [6.45, 7) is 7.09. The number of nitrogens with zero attached hydrogens (tertiary/aromatic N) is 1. The van der Waals surface area contributed by atoms with Crippen LogP contribution in [0.2, 0.25) is 0 Å². The third-order valence-corrected chi connectivity index (χ3v) is 5.24. The van der Waals surface area contributed by atoms with Gasteiger partial charge in [0.25, 0.3) is 0 Å². The van der Waals surface area contributed by atoms with Crippen molar-refractivity contribution in [3.63, 3.8) is 0 Å². The second-order valence-electron chi connectivity index (χ2n) is 7.05. The summed E-state index contributed by atoms with van der Waals surface area (Å²) in [6, 6.07) is 2.38. The standard InChI is InChI=1S/C19H26N2O3/c1-11-5-12(2)18-14(10-24-19(18)13(11)3)6-17(23)20-15-7-16(9-22)21(4)8-15/h5,10,15-16,22H,6-9H2,1-4H3,(H,20,23)/t15-,16+/m1/s1. The number of benzene rings is 1. The van der Waals surface area contributed by atoms with Gasteiger partial charge in [0, 0.05) is 29.6 Å². The van der Waals surface area contributed by atoms with E-state index in [1.54, 1.807) is 6.26 Å². The number of likely N-dealkylation sites (N-methyl/N-ethyl adjacent to an activating group) is 1. The molecule has 5 heteroatoms. The SMILES string of the molecule is Cc1cc(C)c2c(CC(=O)N[C@@H]3C[C@@H](CO)N(C)C3)coc2c1C. The third-order valence-electron chi connectivity index (χ3n) is 5.24. The number of carbonyl (C=O) groups is 1.